The summed E-state index contributed by atoms with van der Waals surface area (Å²) in [4.78, 5) is 11.3. The molecule has 1 aromatic heterocycles. The summed E-state index contributed by atoms with van der Waals surface area (Å²) in [6.45, 7) is 4.17. The van der Waals surface area contributed by atoms with E-state index < -0.39 is 0 Å². The van der Waals surface area contributed by atoms with Crippen molar-refractivity contribution >= 4 is 11.8 Å². The van der Waals surface area contributed by atoms with Crippen LogP contribution in [-0.2, 0) is 4.74 Å². The van der Waals surface area contributed by atoms with Crippen LogP contribution < -0.4 is 10.1 Å². The van der Waals surface area contributed by atoms with Gasteiger partial charge in [-0.15, -0.1) is 0 Å². The van der Waals surface area contributed by atoms with Gasteiger partial charge >= 0.3 is 0 Å². The number of pyridine rings is 1. The maximum atomic E-state index is 6.21. The minimum Gasteiger partial charge on any atom is -0.495 e. The van der Waals surface area contributed by atoms with E-state index in [0.717, 1.165) is 24.7 Å². The Morgan fingerprint density at radius 1 is 1.38 bits per heavy atom. The minimum absolute atomic E-state index is 0.106. The van der Waals surface area contributed by atoms with Gasteiger partial charge in [-0.1, -0.05) is 0 Å². The van der Waals surface area contributed by atoms with Gasteiger partial charge in [0.25, 0.3) is 6.02 Å². The molecule has 2 bridgehead atoms. The van der Waals surface area contributed by atoms with Gasteiger partial charge in [-0.3, -0.25) is 10.2 Å². The summed E-state index contributed by atoms with van der Waals surface area (Å²) in [6, 6.07) is 4.34. The molecule has 5 rings (SSSR count). The molecule has 0 aromatic carbocycles. The molecule has 21 heavy (non-hydrogen) atoms. The number of nitrogens with zero attached hydrogens (tertiary/aromatic N) is 3. The first-order chi connectivity index (χ1) is 10.3. The van der Waals surface area contributed by atoms with Gasteiger partial charge in [0.1, 0.15) is 17.2 Å². The molecule has 1 atom stereocenters. The molecule has 3 saturated heterocycles. The molecule has 1 unspecified atom stereocenters. The fourth-order valence-corrected chi connectivity index (χ4v) is 3.63. The van der Waals surface area contributed by atoms with Gasteiger partial charge in [-0.25, -0.2) is 9.98 Å². The van der Waals surface area contributed by atoms with E-state index in [4.69, 9.17) is 9.47 Å². The predicted molar refractivity (Wildman–Crippen MR) is 79.7 cm³/mol. The largest absolute Gasteiger partial charge is 0.495 e. The third-order valence-electron chi connectivity index (χ3n) is 4.82. The molecule has 6 heteroatoms. The fraction of sp³-hybridized carbons (Fsp3) is 0.600. The molecular weight excluding hydrogens is 268 g/mol. The lowest BCUT2D eigenvalue weighted by molar-refractivity contribution is -0.0829. The average Bonchev–Trinajstić information content (AvgIpc) is 2.91. The highest BCUT2D eigenvalue weighted by atomic mass is 16.5. The molecule has 6 nitrogen and oxygen atoms in total. The number of hydrogen-bond acceptors (Lipinski definition) is 6. The predicted octanol–water partition coefficient (Wildman–Crippen LogP) is 1.35. The fourth-order valence-electron chi connectivity index (χ4n) is 3.63. The van der Waals surface area contributed by atoms with Gasteiger partial charge in [0.05, 0.1) is 19.9 Å². The van der Waals surface area contributed by atoms with Crippen molar-refractivity contribution in [2.24, 2.45) is 10.9 Å². The molecule has 3 fully saturated rings. The van der Waals surface area contributed by atoms with Crippen LogP contribution in [0.5, 0.6) is 5.75 Å². The Labute approximate surface area is 124 Å². The van der Waals surface area contributed by atoms with Crippen molar-refractivity contribution in [1.29, 1.82) is 0 Å². The van der Waals surface area contributed by atoms with E-state index in [1.165, 1.54) is 25.9 Å². The number of amidine groups is 1. The number of aromatic nitrogens is 1. The zero-order valence-electron chi connectivity index (χ0n) is 12.2. The summed E-state index contributed by atoms with van der Waals surface area (Å²) >= 11 is 0. The van der Waals surface area contributed by atoms with Gasteiger partial charge < -0.3 is 9.47 Å². The molecule has 1 spiro atoms. The first kappa shape index (κ1) is 12.9. The average molecular weight is 288 g/mol. The van der Waals surface area contributed by atoms with Crippen molar-refractivity contribution < 1.29 is 9.47 Å². The van der Waals surface area contributed by atoms with Crippen LogP contribution in [0.3, 0.4) is 0 Å². The highest BCUT2D eigenvalue weighted by molar-refractivity contribution is 5.89. The number of piperidine rings is 3. The third kappa shape index (κ3) is 2.23. The van der Waals surface area contributed by atoms with E-state index in [2.05, 4.69) is 20.2 Å². The standard InChI is InChI=1S/C15H20N4O2/c1-20-12-2-3-13(16-8-12)18-14-17-9-15(21-14)10-19-6-4-11(15)5-7-19/h2-3,8,11H,4-7,9-10H2,1H3,(H,16,17,18). The molecule has 1 aromatic rings. The number of aliphatic imine (C=N–C) groups is 1. The zero-order valence-corrected chi connectivity index (χ0v) is 12.2. The lowest BCUT2D eigenvalue weighted by Crippen LogP contribution is -2.61. The highest BCUT2D eigenvalue weighted by Crippen LogP contribution is 2.40. The van der Waals surface area contributed by atoms with E-state index in [1.54, 1.807) is 13.3 Å². The van der Waals surface area contributed by atoms with Crippen molar-refractivity contribution in [3.8, 4) is 5.75 Å². The minimum atomic E-state index is -0.106. The summed E-state index contributed by atoms with van der Waals surface area (Å²) in [7, 11) is 1.63. The lowest BCUT2D eigenvalue weighted by atomic mass is 9.75. The molecule has 4 aliphatic rings. The second kappa shape index (κ2) is 4.87. The van der Waals surface area contributed by atoms with E-state index in [-0.39, 0.29) is 5.60 Å². The molecule has 4 aliphatic heterocycles. The van der Waals surface area contributed by atoms with Crippen LogP contribution in [-0.4, -0.2) is 54.8 Å². The van der Waals surface area contributed by atoms with Crippen molar-refractivity contribution in [3.63, 3.8) is 0 Å². The van der Waals surface area contributed by atoms with Crippen LogP contribution in [0.4, 0.5) is 5.82 Å². The van der Waals surface area contributed by atoms with E-state index in [0.29, 0.717) is 11.9 Å². The van der Waals surface area contributed by atoms with Gasteiger partial charge in [-0.05, 0) is 38.1 Å². The molecule has 0 amide bonds. The quantitative estimate of drug-likeness (QED) is 0.890. The van der Waals surface area contributed by atoms with Gasteiger partial charge in [0.2, 0.25) is 0 Å². The van der Waals surface area contributed by atoms with Gasteiger partial charge in [-0.2, -0.15) is 0 Å². The summed E-state index contributed by atoms with van der Waals surface area (Å²) in [5.41, 5.74) is -0.106. The Bertz CT molecular complexity index is 551. The highest BCUT2D eigenvalue weighted by Gasteiger charge is 2.51. The van der Waals surface area contributed by atoms with Crippen LogP contribution in [0, 0.1) is 5.92 Å². The molecule has 1 N–H and O–H groups in total. The lowest BCUT2D eigenvalue weighted by Gasteiger charge is -2.50. The first-order valence-corrected chi connectivity index (χ1v) is 7.50. The second-order valence-corrected chi connectivity index (χ2v) is 6.05. The zero-order chi connectivity index (χ0) is 14.3. The van der Waals surface area contributed by atoms with Crippen LogP contribution >= 0.6 is 0 Å². The van der Waals surface area contributed by atoms with Crippen molar-refractivity contribution in [1.82, 2.24) is 9.88 Å². The number of rotatable bonds is 2. The Morgan fingerprint density at radius 2 is 2.24 bits per heavy atom. The van der Waals surface area contributed by atoms with Crippen molar-refractivity contribution in [2.45, 2.75) is 18.4 Å². The Morgan fingerprint density at radius 3 is 2.86 bits per heavy atom. The van der Waals surface area contributed by atoms with Gasteiger partial charge in [0, 0.05) is 12.5 Å². The summed E-state index contributed by atoms with van der Waals surface area (Å²) < 4.78 is 11.3. The number of ether oxygens (including phenoxy) is 2. The normalized spacial score (nSPS) is 33.7. The number of hydrogen-bond donors (Lipinski definition) is 1. The molecular formula is C15H20N4O2. The Kier molecular flexibility index (Phi) is 2.99. The number of nitrogens with one attached hydrogen (secondary N) is 1. The van der Waals surface area contributed by atoms with E-state index >= 15 is 0 Å². The first-order valence-electron chi connectivity index (χ1n) is 7.50. The second-order valence-electron chi connectivity index (χ2n) is 6.05. The molecule has 112 valence electrons. The van der Waals surface area contributed by atoms with Crippen LogP contribution in [0.25, 0.3) is 0 Å². The van der Waals surface area contributed by atoms with Crippen molar-refractivity contribution in [3.05, 3.63) is 18.3 Å². The summed E-state index contributed by atoms with van der Waals surface area (Å²) in [5.74, 6) is 2.10. The van der Waals surface area contributed by atoms with E-state index in [1.807, 2.05) is 12.1 Å². The van der Waals surface area contributed by atoms with Crippen LogP contribution in [0.2, 0.25) is 0 Å². The Hall–Kier alpha value is -1.82. The maximum Gasteiger partial charge on any atom is 0.291 e. The molecule has 0 radical (unpaired) electrons. The summed E-state index contributed by atoms with van der Waals surface area (Å²) in [6.07, 6.45) is 4.13. The summed E-state index contributed by atoms with van der Waals surface area (Å²) in [5, 5.41) is 3.17. The SMILES string of the molecule is COc1ccc(NC2=NCC3(CN4CCC3CC4)O2)nc1. The third-order valence-corrected chi connectivity index (χ3v) is 4.82. The number of fused-ring (bicyclic) bond motifs is 2. The van der Waals surface area contributed by atoms with Crippen LogP contribution in [0.1, 0.15) is 12.8 Å². The maximum absolute atomic E-state index is 6.21. The molecule has 5 heterocycles. The topological polar surface area (TPSA) is 59.0 Å². The number of anilines is 1. The Balaban J connectivity index is 1.44. The molecule has 0 saturated carbocycles. The van der Waals surface area contributed by atoms with E-state index in [9.17, 15) is 0 Å². The number of methoxy groups -OCH3 is 1. The van der Waals surface area contributed by atoms with Gasteiger partial charge in [0.15, 0.2) is 0 Å². The monoisotopic (exact) mass is 288 g/mol. The van der Waals surface area contributed by atoms with Crippen LogP contribution in [0.15, 0.2) is 23.3 Å². The smallest absolute Gasteiger partial charge is 0.291 e. The molecule has 0 aliphatic carbocycles. The van der Waals surface area contributed by atoms with Crippen molar-refractivity contribution in [2.75, 3.05) is 38.6 Å².